The third-order valence-electron chi connectivity index (χ3n) is 3.43. The summed E-state index contributed by atoms with van der Waals surface area (Å²) in [5.74, 6) is 1.24. The van der Waals surface area contributed by atoms with E-state index < -0.39 is 0 Å². The molecule has 2 aliphatic rings. The van der Waals surface area contributed by atoms with Gasteiger partial charge in [0.25, 0.3) is 0 Å². The third kappa shape index (κ3) is 1.82. The summed E-state index contributed by atoms with van der Waals surface area (Å²) in [5.41, 5.74) is 2.74. The van der Waals surface area contributed by atoms with Crippen LogP contribution >= 0.6 is 15.9 Å². The van der Waals surface area contributed by atoms with Crippen LogP contribution in [-0.2, 0) is 6.42 Å². The van der Waals surface area contributed by atoms with Crippen molar-refractivity contribution in [2.75, 3.05) is 11.9 Å². The van der Waals surface area contributed by atoms with Gasteiger partial charge in [-0.1, -0.05) is 52.4 Å². The largest absolute Gasteiger partial charge is 0.384 e. The second-order valence-corrected chi connectivity index (χ2v) is 5.40. The molecule has 0 radical (unpaired) electrons. The molecule has 82 valence electrons. The maximum Gasteiger partial charge on any atom is 0.0373 e. The van der Waals surface area contributed by atoms with Crippen molar-refractivity contribution in [2.45, 2.75) is 6.42 Å². The standard InChI is InChI=1S/C14H14BrN/c15-13-6-5-10-7-11-3-1-2-4-14(11)16-9-12(10)8-13/h1-6,8,10,12,16H,7,9H2. The Morgan fingerprint density at radius 1 is 1.19 bits per heavy atom. The minimum atomic E-state index is 0.603. The second kappa shape index (κ2) is 4.10. The maximum absolute atomic E-state index is 3.56. The number of halogens is 1. The molecule has 0 saturated heterocycles. The highest BCUT2D eigenvalue weighted by atomic mass is 79.9. The van der Waals surface area contributed by atoms with Crippen LogP contribution in [0.25, 0.3) is 0 Å². The van der Waals surface area contributed by atoms with Gasteiger partial charge in [-0.25, -0.2) is 0 Å². The highest BCUT2D eigenvalue weighted by Gasteiger charge is 2.24. The van der Waals surface area contributed by atoms with Gasteiger partial charge in [0.1, 0.15) is 0 Å². The van der Waals surface area contributed by atoms with Gasteiger partial charge in [-0.15, -0.1) is 0 Å². The van der Waals surface area contributed by atoms with Crippen molar-refractivity contribution in [3.8, 4) is 0 Å². The number of allylic oxidation sites excluding steroid dienone is 3. The minimum absolute atomic E-state index is 0.603. The first-order valence-corrected chi connectivity index (χ1v) is 6.49. The first-order chi connectivity index (χ1) is 7.83. The number of para-hydroxylation sites is 1. The summed E-state index contributed by atoms with van der Waals surface area (Å²) in [6, 6.07) is 8.63. The van der Waals surface area contributed by atoms with Crippen LogP contribution in [0.3, 0.4) is 0 Å². The zero-order valence-electron chi connectivity index (χ0n) is 8.99. The Hall–Kier alpha value is -1.02. The summed E-state index contributed by atoms with van der Waals surface area (Å²) >= 11 is 3.56. The lowest BCUT2D eigenvalue weighted by molar-refractivity contribution is 0.496. The summed E-state index contributed by atoms with van der Waals surface area (Å²) in [5, 5.41) is 3.55. The van der Waals surface area contributed by atoms with Crippen molar-refractivity contribution >= 4 is 21.6 Å². The van der Waals surface area contributed by atoms with E-state index in [1.165, 1.54) is 15.7 Å². The molecule has 16 heavy (non-hydrogen) atoms. The van der Waals surface area contributed by atoms with Crippen LogP contribution in [-0.4, -0.2) is 6.54 Å². The predicted octanol–water partition coefficient (Wildman–Crippen LogP) is 3.74. The zero-order valence-corrected chi connectivity index (χ0v) is 10.6. The summed E-state index contributed by atoms with van der Waals surface area (Å²) < 4.78 is 1.21. The Balaban J connectivity index is 1.94. The fourth-order valence-electron chi connectivity index (χ4n) is 2.52. The van der Waals surface area contributed by atoms with E-state index in [1.807, 2.05) is 0 Å². The quantitative estimate of drug-likeness (QED) is 0.761. The van der Waals surface area contributed by atoms with Crippen molar-refractivity contribution in [1.29, 1.82) is 0 Å². The van der Waals surface area contributed by atoms with E-state index in [2.05, 4.69) is 63.7 Å². The van der Waals surface area contributed by atoms with Crippen LogP contribution in [0.15, 0.2) is 47.0 Å². The molecule has 2 atom stereocenters. The van der Waals surface area contributed by atoms with Gasteiger partial charge in [0.05, 0.1) is 0 Å². The molecule has 0 amide bonds. The van der Waals surface area contributed by atoms with Crippen molar-refractivity contribution in [2.24, 2.45) is 11.8 Å². The number of benzene rings is 1. The number of rotatable bonds is 0. The van der Waals surface area contributed by atoms with Crippen LogP contribution in [0.2, 0.25) is 0 Å². The lowest BCUT2D eigenvalue weighted by Gasteiger charge is -2.22. The van der Waals surface area contributed by atoms with Crippen LogP contribution in [0.5, 0.6) is 0 Å². The maximum atomic E-state index is 3.56. The molecule has 1 N–H and O–H groups in total. The topological polar surface area (TPSA) is 12.0 Å². The Bertz CT molecular complexity index is 462. The molecule has 2 heteroatoms. The fourth-order valence-corrected chi connectivity index (χ4v) is 3.02. The van der Waals surface area contributed by atoms with E-state index >= 15 is 0 Å². The van der Waals surface area contributed by atoms with Crippen LogP contribution in [0.1, 0.15) is 5.56 Å². The van der Waals surface area contributed by atoms with Gasteiger partial charge in [-0.2, -0.15) is 0 Å². The normalized spacial score (nSPS) is 27.2. The predicted molar refractivity (Wildman–Crippen MR) is 71.8 cm³/mol. The fraction of sp³-hybridized carbons (Fsp3) is 0.286. The lowest BCUT2D eigenvalue weighted by atomic mass is 9.85. The molecule has 1 aliphatic heterocycles. The summed E-state index contributed by atoms with van der Waals surface area (Å²) in [4.78, 5) is 0. The van der Waals surface area contributed by atoms with E-state index in [0.717, 1.165) is 13.0 Å². The molecule has 1 aromatic carbocycles. The number of nitrogens with one attached hydrogen (secondary N) is 1. The van der Waals surface area contributed by atoms with E-state index in [1.54, 1.807) is 0 Å². The second-order valence-electron chi connectivity index (χ2n) is 4.48. The molecule has 0 aromatic heterocycles. The number of fused-ring (bicyclic) bond motifs is 2. The molecular weight excluding hydrogens is 262 g/mol. The van der Waals surface area contributed by atoms with Gasteiger partial charge in [-0.05, 0) is 24.0 Å². The van der Waals surface area contributed by atoms with Gasteiger partial charge < -0.3 is 5.32 Å². The molecule has 1 heterocycles. The van der Waals surface area contributed by atoms with Gasteiger partial charge in [-0.3, -0.25) is 0 Å². The van der Waals surface area contributed by atoms with Gasteiger partial charge >= 0.3 is 0 Å². The summed E-state index contributed by atoms with van der Waals surface area (Å²) in [7, 11) is 0. The molecular formula is C14H14BrN. The van der Waals surface area contributed by atoms with E-state index in [0.29, 0.717) is 11.8 Å². The Morgan fingerprint density at radius 3 is 3.00 bits per heavy atom. The molecule has 1 nitrogen and oxygen atoms in total. The Morgan fingerprint density at radius 2 is 2.06 bits per heavy atom. The van der Waals surface area contributed by atoms with Crippen molar-refractivity contribution in [1.82, 2.24) is 0 Å². The molecule has 0 bridgehead atoms. The molecule has 1 aromatic rings. The Kier molecular flexibility index (Phi) is 2.60. The van der Waals surface area contributed by atoms with Crippen molar-refractivity contribution in [3.05, 3.63) is 52.5 Å². The van der Waals surface area contributed by atoms with Gasteiger partial charge in [0.15, 0.2) is 0 Å². The lowest BCUT2D eigenvalue weighted by Crippen LogP contribution is -2.20. The highest BCUT2D eigenvalue weighted by Crippen LogP contribution is 2.33. The Labute approximate surface area is 104 Å². The third-order valence-corrected chi connectivity index (χ3v) is 3.96. The number of hydrogen-bond acceptors (Lipinski definition) is 1. The smallest absolute Gasteiger partial charge is 0.0373 e. The van der Waals surface area contributed by atoms with Crippen LogP contribution in [0.4, 0.5) is 5.69 Å². The highest BCUT2D eigenvalue weighted by molar-refractivity contribution is 9.11. The van der Waals surface area contributed by atoms with Crippen molar-refractivity contribution < 1.29 is 0 Å². The average Bonchev–Trinajstić information content (AvgIpc) is 2.48. The molecule has 0 spiro atoms. The van der Waals surface area contributed by atoms with Gasteiger partial charge in [0, 0.05) is 22.6 Å². The monoisotopic (exact) mass is 275 g/mol. The summed E-state index contributed by atoms with van der Waals surface area (Å²) in [6.07, 6.45) is 7.97. The van der Waals surface area contributed by atoms with E-state index in [9.17, 15) is 0 Å². The summed E-state index contributed by atoms with van der Waals surface area (Å²) in [6.45, 7) is 1.03. The number of hydrogen-bond donors (Lipinski definition) is 1. The number of anilines is 1. The first-order valence-electron chi connectivity index (χ1n) is 5.70. The molecule has 0 fully saturated rings. The van der Waals surface area contributed by atoms with Crippen molar-refractivity contribution in [3.63, 3.8) is 0 Å². The van der Waals surface area contributed by atoms with Crippen LogP contribution in [0, 0.1) is 11.8 Å². The van der Waals surface area contributed by atoms with E-state index in [-0.39, 0.29) is 0 Å². The SMILES string of the molecule is BrC1=CC2CNc3ccccc3CC2C=C1. The minimum Gasteiger partial charge on any atom is -0.384 e. The van der Waals surface area contributed by atoms with Crippen LogP contribution < -0.4 is 5.32 Å². The zero-order chi connectivity index (χ0) is 11.0. The molecule has 0 saturated carbocycles. The molecule has 2 unspecified atom stereocenters. The molecule has 1 aliphatic carbocycles. The van der Waals surface area contributed by atoms with Gasteiger partial charge in [0.2, 0.25) is 0 Å². The molecule has 3 rings (SSSR count). The average molecular weight is 276 g/mol. The first kappa shape index (κ1) is 10.2. The van der Waals surface area contributed by atoms with E-state index in [4.69, 9.17) is 0 Å².